The maximum absolute atomic E-state index is 4.57. The van der Waals surface area contributed by atoms with Crippen LogP contribution in [0.1, 0.15) is 16.7 Å². The normalized spacial score (nSPS) is 10.9. The van der Waals surface area contributed by atoms with E-state index in [1.54, 1.807) is 0 Å². The highest BCUT2D eigenvalue weighted by Gasteiger charge is 2.10. The number of nitrogens with one attached hydrogen (secondary N) is 1. The second-order valence-electron chi connectivity index (χ2n) is 6.97. The van der Waals surface area contributed by atoms with Gasteiger partial charge in [-0.25, -0.2) is 4.98 Å². The van der Waals surface area contributed by atoms with Crippen molar-refractivity contribution in [2.24, 2.45) is 0 Å². The minimum absolute atomic E-state index is 0.798. The van der Waals surface area contributed by atoms with Gasteiger partial charge in [0.2, 0.25) is 0 Å². The molecule has 0 saturated carbocycles. The Balaban J connectivity index is 1.65. The zero-order valence-corrected chi connectivity index (χ0v) is 15.8. The van der Waals surface area contributed by atoms with Gasteiger partial charge in [-0.2, -0.15) is 9.61 Å². The molecule has 0 atom stereocenters. The summed E-state index contributed by atoms with van der Waals surface area (Å²) in [6, 6.07) is 18.8. The molecular weight excluding hydrogens is 334 g/mol. The van der Waals surface area contributed by atoms with Crippen molar-refractivity contribution in [1.82, 2.24) is 14.6 Å². The smallest absolute Gasteiger partial charge is 0.160 e. The zero-order valence-electron chi connectivity index (χ0n) is 15.8. The van der Waals surface area contributed by atoms with Gasteiger partial charge in [-0.3, -0.25) is 0 Å². The summed E-state index contributed by atoms with van der Waals surface area (Å²) in [4.78, 5) is 6.68. The van der Waals surface area contributed by atoms with E-state index in [9.17, 15) is 0 Å². The number of nitrogens with zero attached hydrogens (tertiary/aromatic N) is 4. The van der Waals surface area contributed by atoms with Gasteiger partial charge in [0.1, 0.15) is 5.82 Å². The van der Waals surface area contributed by atoms with Gasteiger partial charge in [-0.05, 0) is 48.4 Å². The van der Waals surface area contributed by atoms with Crippen LogP contribution in [0.4, 0.5) is 17.2 Å². The second-order valence-corrected chi connectivity index (χ2v) is 6.97. The van der Waals surface area contributed by atoms with Crippen LogP contribution >= 0.6 is 0 Å². The first-order valence-electron chi connectivity index (χ1n) is 9.02. The molecule has 4 aromatic rings. The summed E-state index contributed by atoms with van der Waals surface area (Å²) in [5, 5.41) is 8.01. The van der Waals surface area contributed by atoms with Crippen LogP contribution in [-0.4, -0.2) is 28.7 Å². The van der Waals surface area contributed by atoms with Crippen molar-refractivity contribution in [2.75, 3.05) is 24.3 Å². The Bertz CT molecular complexity index is 1080. The third-order valence-electron chi connectivity index (χ3n) is 4.59. The Morgan fingerprint density at radius 2 is 1.89 bits per heavy atom. The lowest BCUT2D eigenvalue weighted by atomic mass is 10.1. The number of fused-ring (bicyclic) bond motifs is 1. The van der Waals surface area contributed by atoms with E-state index in [-0.39, 0.29) is 0 Å². The predicted octanol–water partition coefficient (Wildman–Crippen LogP) is 4.44. The maximum Gasteiger partial charge on any atom is 0.160 e. The Labute approximate surface area is 159 Å². The molecule has 0 fully saturated rings. The molecule has 4 rings (SSSR count). The molecule has 0 unspecified atom stereocenters. The van der Waals surface area contributed by atoms with Gasteiger partial charge in [-0.15, -0.1) is 0 Å². The van der Waals surface area contributed by atoms with Crippen LogP contribution < -0.4 is 10.2 Å². The van der Waals surface area contributed by atoms with Crippen LogP contribution in [0.15, 0.2) is 67.0 Å². The van der Waals surface area contributed by atoms with E-state index < -0.39 is 0 Å². The summed E-state index contributed by atoms with van der Waals surface area (Å²) in [6.45, 7) is 2.08. The average Bonchev–Trinajstić information content (AvgIpc) is 3.06. The number of aryl methyl sites for hydroxylation is 1. The number of benzene rings is 2. The van der Waals surface area contributed by atoms with Crippen LogP contribution in [0.25, 0.3) is 5.65 Å². The first-order chi connectivity index (χ1) is 13.1. The molecule has 5 heteroatoms. The maximum atomic E-state index is 4.57. The van der Waals surface area contributed by atoms with E-state index in [1.165, 1.54) is 16.8 Å². The standard InChI is InChI=1S/C22H23N5/c1-16-6-4-8-19(12-16)25-21-10-11-23-22-18(15-24-27(21)22)13-17-7-5-9-20(14-17)26(2)3/h4-12,14-15,25H,13H2,1-3H3. The molecule has 1 N–H and O–H groups in total. The van der Waals surface area contributed by atoms with E-state index in [0.29, 0.717) is 0 Å². The molecule has 0 amide bonds. The molecule has 136 valence electrons. The summed E-state index contributed by atoms with van der Waals surface area (Å²) in [5.74, 6) is 0.902. The highest BCUT2D eigenvalue weighted by atomic mass is 15.3. The van der Waals surface area contributed by atoms with Crippen molar-refractivity contribution in [1.29, 1.82) is 0 Å². The Kier molecular flexibility index (Phi) is 4.50. The number of rotatable bonds is 5. The van der Waals surface area contributed by atoms with Gasteiger partial charge < -0.3 is 10.2 Å². The van der Waals surface area contributed by atoms with Crippen LogP contribution in [-0.2, 0) is 6.42 Å². The minimum atomic E-state index is 0.798. The highest BCUT2D eigenvalue weighted by molar-refractivity contribution is 5.61. The Morgan fingerprint density at radius 1 is 1.04 bits per heavy atom. The third-order valence-corrected chi connectivity index (χ3v) is 4.59. The fourth-order valence-corrected chi connectivity index (χ4v) is 3.19. The molecule has 0 spiro atoms. The first kappa shape index (κ1) is 17.1. The largest absolute Gasteiger partial charge is 0.378 e. The molecule has 2 heterocycles. The predicted molar refractivity (Wildman–Crippen MR) is 111 cm³/mol. The summed E-state index contributed by atoms with van der Waals surface area (Å²) in [5.41, 5.74) is 6.68. The number of anilines is 3. The molecule has 0 radical (unpaired) electrons. The van der Waals surface area contributed by atoms with E-state index in [1.807, 2.05) is 29.0 Å². The van der Waals surface area contributed by atoms with Crippen LogP contribution in [0.5, 0.6) is 0 Å². The summed E-state index contributed by atoms with van der Waals surface area (Å²) >= 11 is 0. The monoisotopic (exact) mass is 357 g/mol. The summed E-state index contributed by atoms with van der Waals surface area (Å²) in [6.07, 6.45) is 4.53. The molecule has 0 saturated heterocycles. The molecule has 27 heavy (non-hydrogen) atoms. The van der Waals surface area contributed by atoms with E-state index in [4.69, 9.17) is 0 Å². The second kappa shape index (κ2) is 7.11. The molecule has 0 aliphatic rings. The summed E-state index contributed by atoms with van der Waals surface area (Å²) in [7, 11) is 4.11. The van der Waals surface area contributed by atoms with Crippen molar-refractivity contribution in [3.63, 3.8) is 0 Å². The van der Waals surface area contributed by atoms with E-state index in [2.05, 4.69) is 83.8 Å². The van der Waals surface area contributed by atoms with Crippen LogP contribution in [0.3, 0.4) is 0 Å². The lowest BCUT2D eigenvalue weighted by Gasteiger charge is -2.13. The molecule has 0 bridgehead atoms. The van der Waals surface area contributed by atoms with Crippen molar-refractivity contribution < 1.29 is 0 Å². The molecule has 0 aliphatic heterocycles. The Morgan fingerprint density at radius 3 is 2.70 bits per heavy atom. The van der Waals surface area contributed by atoms with Gasteiger partial charge in [0.15, 0.2) is 5.65 Å². The quantitative estimate of drug-likeness (QED) is 0.574. The molecular formula is C22H23N5. The lowest BCUT2D eigenvalue weighted by Crippen LogP contribution is -2.08. The Hall–Kier alpha value is -3.34. The van der Waals surface area contributed by atoms with Crippen LogP contribution in [0, 0.1) is 6.92 Å². The van der Waals surface area contributed by atoms with Crippen LogP contribution in [0.2, 0.25) is 0 Å². The third kappa shape index (κ3) is 3.62. The van der Waals surface area contributed by atoms with Gasteiger partial charge in [0.25, 0.3) is 0 Å². The molecule has 5 nitrogen and oxygen atoms in total. The minimum Gasteiger partial charge on any atom is -0.378 e. The van der Waals surface area contributed by atoms with Crippen molar-refractivity contribution in [3.05, 3.63) is 83.7 Å². The fraction of sp³-hybridized carbons (Fsp3) is 0.182. The van der Waals surface area contributed by atoms with E-state index in [0.717, 1.165) is 29.1 Å². The topological polar surface area (TPSA) is 45.5 Å². The highest BCUT2D eigenvalue weighted by Crippen LogP contribution is 2.22. The number of aromatic nitrogens is 3. The van der Waals surface area contributed by atoms with Gasteiger partial charge >= 0.3 is 0 Å². The van der Waals surface area contributed by atoms with Crippen molar-refractivity contribution in [2.45, 2.75) is 13.3 Å². The zero-order chi connectivity index (χ0) is 18.8. The van der Waals surface area contributed by atoms with Crippen molar-refractivity contribution >= 4 is 22.8 Å². The lowest BCUT2D eigenvalue weighted by molar-refractivity contribution is 0.947. The molecule has 2 aromatic carbocycles. The first-order valence-corrected chi connectivity index (χ1v) is 9.02. The van der Waals surface area contributed by atoms with Gasteiger partial charge in [0, 0.05) is 43.7 Å². The number of hydrogen-bond acceptors (Lipinski definition) is 4. The average molecular weight is 357 g/mol. The van der Waals surface area contributed by atoms with Gasteiger partial charge in [-0.1, -0.05) is 24.3 Å². The SMILES string of the molecule is Cc1cccc(Nc2ccnc3c(Cc4cccc(N(C)C)c4)cnn23)c1. The molecule has 0 aliphatic carbocycles. The van der Waals surface area contributed by atoms with Gasteiger partial charge in [0.05, 0.1) is 6.20 Å². The summed E-state index contributed by atoms with van der Waals surface area (Å²) < 4.78 is 1.87. The molecule has 2 aromatic heterocycles. The van der Waals surface area contributed by atoms with E-state index >= 15 is 0 Å². The fourth-order valence-electron chi connectivity index (χ4n) is 3.19. The number of hydrogen-bond donors (Lipinski definition) is 1. The van der Waals surface area contributed by atoms with Crippen molar-refractivity contribution in [3.8, 4) is 0 Å².